The fourth-order valence-electron chi connectivity index (χ4n) is 2.81. The summed E-state index contributed by atoms with van der Waals surface area (Å²) in [5.41, 5.74) is 0.162. The molecule has 1 aromatic heterocycles. The summed E-state index contributed by atoms with van der Waals surface area (Å²) < 4.78 is 49.2. The Bertz CT molecular complexity index is 584. The van der Waals surface area contributed by atoms with Crippen LogP contribution in [-0.4, -0.2) is 53.9 Å². The number of rotatable bonds is 5. The molecule has 5 nitrogen and oxygen atoms in total. The molecule has 1 aliphatic carbocycles. The molecule has 24 heavy (non-hydrogen) atoms. The van der Waals surface area contributed by atoms with Crippen LogP contribution in [0, 0.1) is 0 Å². The number of halogens is 3. The predicted octanol–water partition coefficient (Wildman–Crippen LogP) is 2.81. The standard InChI is InChI=1S/C16H19F3N2O3/c17-16(18,19)10-21(12-2-1-3-12)15(22)11-4-6-20-14(8-11)24-13-5-7-23-9-13/h4,6,8,12-13H,1-3,5,7,9-10H2. The lowest BCUT2D eigenvalue weighted by molar-refractivity contribution is -0.147. The molecule has 8 heteroatoms. The van der Waals surface area contributed by atoms with E-state index < -0.39 is 18.6 Å². The zero-order valence-corrected chi connectivity index (χ0v) is 13.1. The van der Waals surface area contributed by atoms with E-state index in [4.69, 9.17) is 9.47 Å². The molecule has 0 N–H and O–H groups in total. The van der Waals surface area contributed by atoms with E-state index in [9.17, 15) is 18.0 Å². The largest absolute Gasteiger partial charge is 0.472 e. The van der Waals surface area contributed by atoms with Gasteiger partial charge in [-0.25, -0.2) is 4.98 Å². The molecular formula is C16H19F3N2O3. The van der Waals surface area contributed by atoms with E-state index in [1.54, 1.807) is 0 Å². The lowest BCUT2D eigenvalue weighted by Crippen LogP contribution is -2.48. The van der Waals surface area contributed by atoms with Gasteiger partial charge in [-0.2, -0.15) is 13.2 Å². The summed E-state index contributed by atoms with van der Waals surface area (Å²) >= 11 is 0. The molecule has 2 heterocycles. The minimum absolute atomic E-state index is 0.138. The van der Waals surface area contributed by atoms with Gasteiger partial charge in [-0.15, -0.1) is 0 Å². The van der Waals surface area contributed by atoms with Gasteiger partial charge < -0.3 is 14.4 Å². The number of carbonyl (C=O) groups is 1. The molecule has 0 bridgehead atoms. The van der Waals surface area contributed by atoms with Crippen molar-refractivity contribution in [1.29, 1.82) is 0 Å². The van der Waals surface area contributed by atoms with Gasteiger partial charge >= 0.3 is 6.18 Å². The second-order valence-corrected chi connectivity index (χ2v) is 6.12. The summed E-state index contributed by atoms with van der Waals surface area (Å²) in [6.45, 7) is -0.183. The molecule has 2 fully saturated rings. The zero-order chi connectivity index (χ0) is 17.2. The van der Waals surface area contributed by atoms with Gasteiger partial charge in [0.15, 0.2) is 0 Å². The van der Waals surface area contributed by atoms with Crippen molar-refractivity contribution < 1.29 is 27.4 Å². The Morgan fingerprint density at radius 2 is 2.17 bits per heavy atom. The molecule has 3 rings (SSSR count). The van der Waals surface area contributed by atoms with E-state index in [1.807, 2.05) is 0 Å². The molecule has 0 spiro atoms. The number of nitrogens with zero attached hydrogens (tertiary/aromatic N) is 2. The second kappa shape index (κ2) is 6.96. The average Bonchev–Trinajstić information content (AvgIpc) is 2.96. The fraction of sp³-hybridized carbons (Fsp3) is 0.625. The summed E-state index contributed by atoms with van der Waals surface area (Å²) in [5, 5.41) is 0. The first-order chi connectivity index (χ1) is 11.4. The summed E-state index contributed by atoms with van der Waals surface area (Å²) in [5.74, 6) is -0.399. The number of ether oxygens (including phenoxy) is 2. The highest BCUT2D eigenvalue weighted by Crippen LogP contribution is 2.30. The third-order valence-electron chi connectivity index (χ3n) is 4.28. The van der Waals surface area contributed by atoms with Crippen molar-refractivity contribution in [2.24, 2.45) is 0 Å². The number of aromatic nitrogens is 1. The zero-order valence-electron chi connectivity index (χ0n) is 13.1. The average molecular weight is 344 g/mol. The Kier molecular flexibility index (Phi) is 4.93. The quantitative estimate of drug-likeness (QED) is 0.824. The maximum absolute atomic E-state index is 12.8. The van der Waals surface area contributed by atoms with Crippen molar-refractivity contribution in [2.75, 3.05) is 19.8 Å². The van der Waals surface area contributed by atoms with E-state index in [1.165, 1.54) is 18.3 Å². The van der Waals surface area contributed by atoms with Gasteiger partial charge in [0.2, 0.25) is 5.88 Å². The first-order valence-electron chi connectivity index (χ1n) is 8.00. The Morgan fingerprint density at radius 3 is 2.75 bits per heavy atom. The number of hydrogen-bond donors (Lipinski definition) is 0. The first kappa shape index (κ1) is 17.0. The summed E-state index contributed by atoms with van der Waals surface area (Å²) in [4.78, 5) is 17.5. The maximum atomic E-state index is 12.8. The van der Waals surface area contributed by atoms with Crippen molar-refractivity contribution in [1.82, 2.24) is 9.88 Å². The molecule has 1 saturated heterocycles. The molecule has 132 valence electrons. The normalized spacial score (nSPS) is 21.4. The monoisotopic (exact) mass is 344 g/mol. The van der Waals surface area contributed by atoms with Crippen molar-refractivity contribution in [3.8, 4) is 5.88 Å². The van der Waals surface area contributed by atoms with Crippen LogP contribution in [0.2, 0.25) is 0 Å². The molecule has 1 saturated carbocycles. The van der Waals surface area contributed by atoms with Crippen LogP contribution in [0.15, 0.2) is 18.3 Å². The number of amides is 1. The number of alkyl halides is 3. The SMILES string of the molecule is O=C(c1ccnc(OC2CCOC2)c1)N(CC(F)(F)F)C1CCC1. The molecule has 1 atom stereocenters. The fourth-order valence-corrected chi connectivity index (χ4v) is 2.81. The molecule has 1 aliphatic heterocycles. The smallest absolute Gasteiger partial charge is 0.406 e. The van der Waals surface area contributed by atoms with Crippen molar-refractivity contribution in [3.05, 3.63) is 23.9 Å². The van der Waals surface area contributed by atoms with Crippen LogP contribution in [0.25, 0.3) is 0 Å². The highest BCUT2D eigenvalue weighted by atomic mass is 19.4. The Hall–Kier alpha value is -1.83. The Balaban J connectivity index is 1.73. The topological polar surface area (TPSA) is 51.7 Å². The second-order valence-electron chi connectivity index (χ2n) is 6.12. The summed E-state index contributed by atoms with van der Waals surface area (Å²) in [7, 11) is 0. The van der Waals surface area contributed by atoms with E-state index in [-0.39, 0.29) is 23.6 Å². The van der Waals surface area contributed by atoms with Crippen LogP contribution in [0.4, 0.5) is 13.2 Å². The Morgan fingerprint density at radius 1 is 1.38 bits per heavy atom. The highest BCUT2D eigenvalue weighted by molar-refractivity contribution is 5.94. The third-order valence-corrected chi connectivity index (χ3v) is 4.28. The van der Waals surface area contributed by atoms with Gasteiger partial charge in [0.1, 0.15) is 12.6 Å². The minimum atomic E-state index is -4.42. The maximum Gasteiger partial charge on any atom is 0.406 e. The van der Waals surface area contributed by atoms with Crippen molar-refractivity contribution in [3.63, 3.8) is 0 Å². The van der Waals surface area contributed by atoms with Gasteiger partial charge in [-0.1, -0.05) is 0 Å². The van der Waals surface area contributed by atoms with Gasteiger partial charge in [0.25, 0.3) is 5.91 Å². The Labute approximate surface area is 137 Å². The molecule has 0 radical (unpaired) electrons. The summed E-state index contributed by atoms with van der Waals surface area (Å²) in [6.07, 6.45) is -0.392. The minimum Gasteiger partial charge on any atom is -0.472 e. The van der Waals surface area contributed by atoms with Gasteiger partial charge in [-0.05, 0) is 25.3 Å². The lowest BCUT2D eigenvalue weighted by atomic mass is 9.91. The van der Waals surface area contributed by atoms with Crippen LogP contribution in [0.3, 0.4) is 0 Å². The summed E-state index contributed by atoms with van der Waals surface area (Å²) in [6, 6.07) is 2.48. The first-order valence-corrected chi connectivity index (χ1v) is 8.00. The molecule has 0 aromatic carbocycles. The van der Waals surface area contributed by atoms with Gasteiger partial charge in [0.05, 0.1) is 13.2 Å². The molecule has 1 amide bonds. The van der Waals surface area contributed by atoms with Crippen LogP contribution in [0.1, 0.15) is 36.0 Å². The van der Waals surface area contributed by atoms with E-state index in [0.717, 1.165) is 17.7 Å². The number of hydrogen-bond acceptors (Lipinski definition) is 4. The van der Waals surface area contributed by atoms with Gasteiger partial charge in [-0.3, -0.25) is 4.79 Å². The highest BCUT2D eigenvalue weighted by Gasteiger charge is 2.38. The number of pyridine rings is 1. The van der Waals surface area contributed by atoms with Crippen molar-refractivity contribution >= 4 is 5.91 Å². The van der Waals surface area contributed by atoms with Crippen LogP contribution in [-0.2, 0) is 4.74 Å². The van der Waals surface area contributed by atoms with Crippen molar-refractivity contribution in [2.45, 2.75) is 44.0 Å². The molecule has 2 aliphatic rings. The van der Waals surface area contributed by atoms with Crippen LogP contribution < -0.4 is 4.74 Å². The lowest BCUT2D eigenvalue weighted by Gasteiger charge is -2.38. The molecular weight excluding hydrogens is 325 g/mol. The van der Waals surface area contributed by atoms with E-state index in [0.29, 0.717) is 26.1 Å². The van der Waals surface area contributed by atoms with E-state index in [2.05, 4.69) is 4.98 Å². The van der Waals surface area contributed by atoms with Crippen LogP contribution >= 0.6 is 0 Å². The molecule has 1 aromatic rings. The predicted molar refractivity (Wildman–Crippen MR) is 78.8 cm³/mol. The molecule has 1 unspecified atom stereocenters. The van der Waals surface area contributed by atoms with E-state index >= 15 is 0 Å². The third kappa shape index (κ3) is 4.17. The van der Waals surface area contributed by atoms with Gasteiger partial charge in [0, 0.05) is 30.3 Å². The number of carbonyl (C=O) groups excluding carboxylic acids is 1. The van der Waals surface area contributed by atoms with Crippen LogP contribution in [0.5, 0.6) is 5.88 Å².